The highest BCUT2D eigenvalue weighted by Gasteiger charge is 2.43. The minimum Gasteiger partial charge on any atom is -0.401 e. The molecule has 1 saturated heterocycles. The third-order valence-electron chi connectivity index (χ3n) is 3.05. The van der Waals surface area contributed by atoms with E-state index in [-0.39, 0.29) is 6.54 Å². The summed E-state index contributed by atoms with van der Waals surface area (Å²) >= 11 is 0. The van der Waals surface area contributed by atoms with Crippen LogP contribution in [0.25, 0.3) is 0 Å². The maximum absolute atomic E-state index is 9.77. The Labute approximate surface area is 118 Å². The fourth-order valence-electron chi connectivity index (χ4n) is 2.08. The van der Waals surface area contributed by atoms with Gasteiger partial charge in [0.25, 0.3) is 0 Å². The van der Waals surface area contributed by atoms with Crippen molar-refractivity contribution < 1.29 is 25.2 Å². The molecule has 5 unspecified atom stereocenters. The zero-order chi connectivity index (χ0) is 15.4. The molecule has 118 valence electrons. The molecule has 8 N–H and O–H groups in total. The number of aliphatic hydroxyl groups excluding tert-OH is 4. The van der Waals surface area contributed by atoms with Gasteiger partial charge in [-0.25, -0.2) is 5.84 Å². The van der Waals surface area contributed by atoms with E-state index in [4.69, 9.17) is 16.3 Å². The summed E-state index contributed by atoms with van der Waals surface area (Å²) in [6.45, 7) is 4.05. The van der Waals surface area contributed by atoms with E-state index in [2.05, 4.69) is 0 Å². The monoisotopic (exact) mass is 291 g/mol. The molecule has 1 aliphatic rings. The predicted molar refractivity (Wildman–Crippen MR) is 71.5 cm³/mol. The summed E-state index contributed by atoms with van der Waals surface area (Å²) in [7, 11) is 0. The van der Waals surface area contributed by atoms with Crippen LogP contribution in [0.15, 0.2) is 11.9 Å². The SMILES string of the molecule is CC(C)C/C(N)=C/N(N)CC1OC(O)C(O)C(O)C1O. The van der Waals surface area contributed by atoms with E-state index >= 15 is 0 Å². The average molecular weight is 291 g/mol. The third kappa shape index (κ3) is 4.58. The Hall–Kier alpha value is -0.900. The molecule has 1 aliphatic heterocycles. The molecule has 1 heterocycles. The predicted octanol–water partition coefficient (Wildman–Crippen LogP) is -2.19. The molecule has 0 amide bonds. The lowest BCUT2D eigenvalue weighted by molar-refractivity contribution is -0.283. The van der Waals surface area contributed by atoms with E-state index in [1.807, 2.05) is 13.8 Å². The van der Waals surface area contributed by atoms with Gasteiger partial charge in [0.1, 0.15) is 24.4 Å². The topological polar surface area (TPSA) is 145 Å². The van der Waals surface area contributed by atoms with E-state index in [9.17, 15) is 20.4 Å². The van der Waals surface area contributed by atoms with Crippen molar-refractivity contribution in [1.82, 2.24) is 5.01 Å². The largest absolute Gasteiger partial charge is 0.401 e. The van der Waals surface area contributed by atoms with Gasteiger partial charge in [-0.1, -0.05) is 13.8 Å². The molecule has 0 bridgehead atoms. The van der Waals surface area contributed by atoms with Crippen LogP contribution in [0, 0.1) is 5.92 Å². The first kappa shape index (κ1) is 17.2. The highest BCUT2D eigenvalue weighted by Crippen LogP contribution is 2.20. The second kappa shape index (κ2) is 7.21. The van der Waals surface area contributed by atoms with Gasteiger partial charge in [-0.15, -0.1) is 0 Å². The Kier molecular flexibility index (Phi) is 6.18. The van der Waals surface area contributed by atoms with Crippen molar-refractivity contribution in [3.63, 3.8) is 0 Å². The molecular weight excluding hydrogens is 266 g/mol. The Morgan fingerprint density at radius 2 is 1.80 bits per heavy atom. The minimum atomic E-state index is -1.57. The number of hydrazine groups is 1. The number of aliphatic hydroxyl groups is 4. The van der Waals surface area contributed by atoms with Crippen molar-refractivity contribution in [3.05, 3.63) is 11.9 Å². The van der Waals surface area contributed by atoms with Gasteiger partial charge in [0.05, 0.1) is 6.54 Å². The summed E-state index contributed by atoms with van der Waals surface area (Å²) < 4.78 is 5.02. The first-order valence-corrected chi connectivity index (χ1v) is 6.57. The van der Waals surface area contributed by atoms with E-state index < -0.39 is 30.7 Å². The van der Waals surface area contributed by atoms with Gasteiger partial charge in [-0.2, -0.15) is 0 Å². The average Bonchev–Trinajstić information content (AvgIpc) is 2.32. The maximum atomic E-state index is 9.77. The number of rotatable bonds is 5. The summed E-state index contributed by atoms with van der Waals surface area (Å²) in [5.74, 6) is 6.11. The molecule has 5 atom stereocenters. The summed E-state index contributed by atoms with van der Waals surface area (Å²) in [6.07, 6.45) is -4.70. The van der Waals surface area contributed by atoms with E-state index in [0.29, 0.717) is 18.0 Å². The fraction of sp³-hybridized carbons (Fsp3) is 0.833. The van der Waals surface area contributed by atoms with E-state index in [0.717, 1.165) is 0 Å². The second-order valence-electron chi connectivity index (χ2n) is 5.54. The second-order valence-corrected chi connectivity index (χ2v) is 5.54. The van der Waals surface area contributed by atoms with Gasteiger partial charge < -0.3 is 35.9 Å². The molecule has 8 heteroatoms. The van der Waals surface area contributed by atoms with Crippen molar-refractivity contribution in [2.24, 2.45) is 17.5 Å². The zero-order valence-corrected chi connectivity index (χ0v) is 11.8. The summed E-state index contributed by atoms with van der Waals surface area (Å²) in [4.78, 5) is 0. The van der Waals surface area contributed by atoms with Gasteiger partial charge in [0.2, 0.25) is 0 Å². The number of ether oxygens (including phenoxy) is 1. The number of nitrogens with zero attached hydrogens (tertiary/aromatic N) is 1. The molecule has 20 heavy (non-hydrogen) atoms. The van der Waals surface area contributed by atoms with E-state index in [1.165, 1.54) is 11.2 Å². The Morgan fingerprint density at radius 3 is 2.35 bits per heavy atom. The number of allylic oxidation sites excluding steroid dienone is 1. The van der Waals surface area contributed by atoms with Crippen LogP contribution in [0.4, 0.5) is 0 Å². The molecule has 0 aromatic carbocycles. The number of hydrogen-bond donors (Lipinski definition) is 6. The Balaban J connectivity index is 2.59. The van der Waals surface area contributed by atoms with Crippen LogP contribution in [-0.2, 0) is 4.74 Å². The molecule has 0 radical (unpaired) electrons. The summed E-state index contributed by atoms with van der Waals surface area (Å²) in [5, 5.41) is 39.3. The lowest BCUT2D eigenvalue weighted by atomic mass is 9.99. The normalized spacial score (nSPS) is 35.4. The first-order chi connectivity index (χ1) is 9.22. The lowest BCUT2D eigenvalue weighted by Crippen LogP contribution is -2.60. The van der Waals surface area contributed by atoms with Crippen molar-refractivity contribution in [3.8, 4) is 0 Å². The highest BCUT2D eigenvalue weighted by molar-refractivity contribution is 4.97. The molecule has 1 rings (SSSR count). The fourth-order valence-corrected chi connectivity index (χ4v) is 2.08. The standard InChI is InChI=1S/C12H25N3O5/c1-6(2)3-7(13)4-15(14)5-8-9(16)10(17)11(18)12(19)20-8/h4,6,8-12,16-19H,3,5,13-14H2,1-2H3/b7-4-. The van der Waals surface area contributed by atoms with Crippen LogP contribution in [0.3, 0.4) is 0 Å². The molecule has 0 saturated carbocycles. The molecule has 0 aromatic rings. The van der Waals surface area contributed by atoms with E-state index in [1.54, 1.807) is 0 Å². The molecule has 0 aromatic heterocycles. The highest BCUT2D eigenvalue weighted by atomic mass is 16.6. The van der Waals surface area contributed by atoms with Gasteiger partial charge in [-0.05, 0) is 12.3 Å². The smallest absolute Gasteiger partial charge is 0.184 e. The van der Waals surface area contributed by atoms with Gasteiger partial charge in [0, 0.05) is 11.9 Å². The van der Waals surface area contributed by atoms with Crippen molar-refractivity contribution >= 4 is 0 Å². The van der Waals surface area contributed by atoms with Crippen LogP contribution in [-0.4, -0.2) is 62.7 Å². The van der Waals surface area contributed by atoms with Crippen molar-refractivity contribution in [2.75, 3.05) is 6.54 Å². The third-order valence-corrected chi connectivity index (χ3v) is 3.05. The lowest BCUT2D eigenvalue weighted by Gasteiger charge is -2.39. The quantitative estimate of drug-likeness (QED) is 0.247. The first-order valence-electron chi connectivity index (χ1n) is 6.57. The zero-order valence-electron chi connectivity index (χ0n) is 11.8. The van der Waals surface area contributed by atoms with Gasteiger partial charge in [-0.3, -0.25) is 0 Å². The molecule has 0 aliphatic carbocycles. The van der Waals surface area contributed by atoms with Crippen LogP contribution >= 0.6 is 0 Å². The number of hydrogen-bond acceptors (Lipinski definition) is 8. The molecule has 8 nitrogen and oxygen atoms in total. The van der Waals surface area contributed by atoms with Crippen LogP contribution in [0.5, 0.6) is 0 Å². The summed E-state index contributed by atoms with van der Waals surface area (Å²) in [6, 6.07) is 0. The van der Waals surface area contributed by atoms with Crippen LogP contribution in [0.1, 0.15) is 20.3 Å². The van der Waals surface area contributed by atoms with Gasteiger partial charge in [0.15, 0.2) is 6.29 Å². The van der Waals surface area contributed by atoms with Crippen LogP contribution in [0.2, 0.25) is 0 Å². The maximum Gasteiger partial charge on any atom is 0.184 e. The van der Waals surface area contributed by atoms with Crippen molar-refractivity contribution in [2.45, 2.75) is 51.0 Å². The summed E-state index contributed by atoms with van der Waals surface area (Å²) in [5.41, 5.74) is 6.37. The van der Waals surface area contributed by atoms with Gasteiger partial charge >= 0.3 is 0 Å². The van der Waals surface area contributed by atoms with Crippen LogP contribution < -0.4 is 11.6 Å². The molecule has 0 spiro atoms. The Bertz CT molecular complexity index is 339. The van der Waals surface area contributed by atoms with Crippen molar-refractivity contribution in [1.29, 1.82) is 0 Å². The molecular formula is C12H25N3O5. The Morgan fingerprint density at radius 1 is 1.20 bits per heavy atom. The number of nitrogens with two attached hydrogens (primary N) is 2. The minimum absolute atomic E-state index is 0.0147. The molecule has 1 fully saturated rings.